The van der Waals surface area contributed by atoms with Crippen molar-refractivity contribution in [2.24, 2.45) is 52.8 Å². The van der Waals surface area contributed by atoms with Gasteiger partial charge in [0.1, 0.15) is 18.3 Å². The molecule has 270 valence electrons. The predicted octanol–water partition coefficient (Wildman–Crippen LogP) is 3.01. The Morgan fingerprint density at radius 3 is 2.49 bits per heavy atom. The minimum Gasteiger partial charge on any atom is -0.394 e. The molecular weight excluding hydrogens is 603 g/mol. The molecule has 11 heteroatoms. The Morgan fingerprint density at radius 2 is 1.87 bits per heavy atom. The van der Waals surface area contributed by atoms with Crippen molar-refractivity contribution in [3.8, 4) is 0 Å². The van der Waals surface area contributed by atoms with E-state index < -0.39 is 36.3 Å². The van der Waals surface area contributed by atoms with Crippen LogP contribution in [0.1, 0.15) is 79.1 Å². The second-order valence-corrected chi connectivity index (χ2v) is 16.6. The molecule has 6 rings (SSSR count). The second kappa shape index (κ2) is 15.3. The van der Waals surface area contributed by atoms with E-state index in [0.717, 1.165) is 32.1 Å². The molecule has 47 heavy (non-hydrogen) atoms. The Kier molecular flexibility index (Phi) is 12.0. The highest BCUT2D eigenvalue weighted by atomic mass is 19.1. The Hall–Kier alpha value is -1.37. The van der Waals surface area contributed by atoms with Crippen LogP contribution in [0.2, 0.25) is 0 Å². The van der Waals surface area contributed by atoms with Gasteiger partial charge in [0.25, 0.3) is 0 Å². The Morgan fingerprint density at radius 1 is 1.13 bits per heavy atom. The van der Waals surface area contributed by atoms with Crippen LogP contribution in [-0.2, 0) is 19.2 Å². The fourth-order valence-corrected chi connectivity index (χ4v) is 10.5. The summed E-state index contributed by atoms with van der Waals surface area (Å²) in [5.41, 5.74) is 0.305. The largest absolute Gasteiger partial charge is 0.394 e. The Balaban J connectivity index is 1.28. The van der Waals surface area contributed by atoms with E-state index in [0.29, 0.717) is 55.6 Å². The number of fused-ring (bicyclic) bond motifs is 2. The average molecular weight is 667 g/mol. The smallest absolute Gasteiger partial charge is 0.240 e. The molecule has 6 aliphatic rings. The molecule has 1 aliphatic heterocycles. The Bertz CT molecular complexity index is 1080. The van der Waals surface area contributed by atoms with Gasteiger partial charge in [0.15, 0.2) is 0 Å². The lowest BCUT2D eigenvalue weighted by atomic mass is 9.45. The topological polar surface area (TPSA) is 124 Å². The van der Waals surface area contributed by atoms with Crippen molar-refractivity contribution in [3.05, 3.63) is 0 Å². The molecular formula is C36H63FN4O6. The highest BCUT2D eigenvalue weighted by Crippen LogP contribution is 2.61. The van der Waals surface area contributed by atoms with Crippen molar-refractivity contribution in [3.63, 3.8) is 0 Å². The number of nitrogens with zero attached hydrogens (tertiary/aromatic N) is 2. The highest BCUT2D eigenvalue weighted by Gasteiger charge is 2.58. The maximum absolute atomic E-state index is 15.1. The van der Waals surface area contributed by atoms with Crippen LogP contribution >= 0.6 is 0 Å². The van der Waals surface area contributed by atoms with Crippen molar-refractivity contribution >= 4 is 11.8 Å². The minimum absolute atomic E-state index is 0.0404. The fourth-order valence-electron chi connectivity index (χ4n) is 10.5. The molecule has 0 aromatic heterocycles. The van der Waals surface area contributed by atoms with Crippen molar-refractivity contribution < 1.29 is 33.8 Å². The van der Waals surface area contributed by atoms with Crippen molar-refractivity contribution in [1.29, 1.82) is 0 Å². The predicted molar refractivity (Wildman–Crippen MR) is 178 cm³/mol. The second-order valence-electron chi connectivity index (χ2n) is 16.6. The molecule has 1 heterocycles. The van der Waals surface area contributed by atoms with Crippen LogP contribution in [-0.4, -0.2) is 116 Å². The third kappa shape index (κ3) is 7.55. The van der Waals surface area contributed by atoms with Gasteiger partial charge in [-0.2, -0.15) is 5.06 Å². The monoisotopic (exact) mass is 666 g/mol. The standard InChI is InChI=1S/C36H63FN4O6/c1-20-27-16-24(36(27,3)4)17-29(20)39-35(45)32-31(21(2)43)30(19-42)47-41(32)18-23-9-8-10-25(33(23)46-7)22-11-12-28(37)26(15-22)34(44)38-13-14-40(5)6/h20-33,42-43H,8-19H2,1-7H3,(H,38,44)(H,39,45)/t20-,21-,22?,23?,24?,25?,26?,27-,28?,29-,30-,31+,32-,33?/m0/s1. The molecule has 5 saturated carbocycles. The van der Waals surface area contributed by atoms with E-state index in [1.54, 1.807) is 19.1 Å². The number of ether oxygens (including phenoxy) is 1. The fraction of sp³-hybridized carbons (Fsp3) is 0.944. The lowest BCUT2D eigenvalue weighted by molar-refractivity contribution is -0.193. The molecule has 0 spiro atoms. The van der Waals surface area contributed by atoms with E-state index in [1.807, 2.05) is 19.0 Å². The van der Waals surface area contributed by atoms with E-state index in [9.17, 15) is 19.8 Å². The van der Waals surface area contributed by atoms with Crippen molar-refractivity contribution in [1.82, 2.24) is 20.6 Å². The zero-order chi connectivity index (χ0) is 34.2. The number of rotatable bonds is 12. The van der Waals surface area contributed by atoms with Gasteiger partial charge in [-0.15, -0.1) is 0 Å². The van der Waals surface area contributed by atoms with E-state index in [4.69, 9.17) is 9.57 Å². The van der Waals surface area contributed by atoms with E-state index >= 15 is 4.39 Å². The van der Waals surface area contributed by atoms with Crippen LogP contribution in [0.5, 0.6) is 0 Å². The maximum atomic E-state index is 15.1. The molecule has 4 N–H and O–H groups in total. The SMILES string of the molecule is COC1C(CN2O[C@@H](CO)[C@@H]([C@H](C)O)[C@H]2C(=O)N[C@H]2CC3C[C@@H]([C@@H]2C)C3(C)C)CCCC1C1CCC(F)C(C(=O)NCCN(C)C)C1. The third-order valence-electron chi connectivity index (χ3n) is 13.4. The number of hydrogen-bond donors (Lipinski definition) is 4. The zero-order valence-electron chi connectivity index (χ0n) is 29.9. The van der Waals surface area contributed by atoms with E-state index in [1.165, 1.54) is 6.42 Å². The van der Waals surface area contributed by atoms with Crippen LogP contribution in [0.3, 0.4) is 0 Å². The first-order chi connectivity index (χ1) is 22.3. The summed E-state index contributed by atoms with van der Waals surface area (Å²) >= 11 is 0. The number of nitrogens with one attached hydrogen (secondary N) is 2. The van der Waals surface area contributed by atoms with Gasteiger partial charge < -0.3 is 30.5 Å². The van der Waals surface area contributed by atoms with Crippen LogP contribution in [0.4, 0.5) is 4.39 Å². The average Bonchev–Trinajstić information content (AvgIpc) is 3.40. The van der Waals surface area contributed by atoms with Gasteiger partial charge in [-0.3, -0.25) is 14.4 Å². The quantitative estimate of drug-likeness (QED) is 0.251. The molecule has 1 saturated heterocycles. The molecule has 2 amide bonds. The lowest BCUT2D eigenvalue weighted by Gasteiger charge is -2.62. The molecule has 0 radical (unpaired) electrons. The van der Waals surface area contributed by atoms with Gasteiger partial charge in [-0.05, 0) is 101 Å². The highest BCUT2D eigenvalue weighted by molar-refractivity contribution is 5.83. The van der Waals surface area contributed by atoms with Crippen molar-refractivity contribution in [2.75, 3.05) is 47.4 Å². The van der Waals surface area contributed by atoms with Crippen LogP contribution in [0, 0.1) is 52.8 Å². The number of carbonyl (C=O) groups is 2. The first-order valence-corrected chi connectivity index (χ1v) is 18.4. The summed E-state index contributed by atoms with van der Waals surface area (Å²) in [6.45, 7) is 9.95. The summed E-state index contributed by atoms with van der Waals surface area (Å²) in [6, 6.07) is -0.658. The summed E-state index contributed by atoms with van der Waals surface area (Å²) in [4.78, 5) is 35.4. The molecule has 5 aliphatic carbocycles. The van der Waals surface area contributed by atoms with Crippen molar-refractivity contribution in [2.45, 2.75) is 116 Å². The molecule has 14 atom stereocenters. The number of hydroxylamine groups is 2. The lowest BCUT2D eigenvalue weighted by Crippen LogP contribution is -2.62. The number of carbonyl (C=O) groups excluding carboxylic acids is 2. The van der Waals surface area contributed by atoms with Crippen LogP contribution in [0.15, 0.2) is 0 Å². The molecule has 10 nitrogen and oxygen atoms in total. The van der Waals surface area contributed by atoms with Gasteiger partial charge >= 0.3 is 0 Å². The first-order valence-electron chi connectivity index (χ1n) is 18.4. The number of halogens is 1. The number of aliphatic hydroxyl groups is 2. The summed E-state index contributed by atoms with van der Waals surface area (Å²) in [6.07, 6.45) is 3.77. The van der Waals surface area contributed by atoms with Gasteiger partial charge in [-0.1, -0.05) is 27.2 Å². The van der Waals surface area contributed by atoms with Gasteiger partial charge in [0, 0.05) is 44.6 Å². The normalized spacial score (nSPS) is 42.5. The minimum atomic E-state index is -1.14. The van der Waals surface area contributed by atoms with Crippen LogP contribution < -0.4 is 10.6 Å². The van der Waals surface area contributed by atoms with Gasteiger partial charge in [0.2, 0.25) is 11.8 Å². The van der Waals surface area contributed by atoms with Crippen LogP contribution in [0.25, 0.3) is 0 Å². The molecule has 0 aromatic rings. The molecule has 0 aromatic carbocycles. The summed E-state index contributed by atoms with van der Waals surface area (Å²) in [7, 11) is 5.62. The number of hydrogen-bond acceptors (Lipinski definition) is 8. The Labute approximate surface area is 281 Å². The summed E-state index contributed by atoms with van der Waals surface area (Å²) < 4.78 is 21.3. The van der Waals surface area contributed by atoms with E-state index in [2.05, 4.69) is 31.4 Å². The summed E-state index contributed by atoms with van der Waals surface area (Å²) in [5.74, 6) is 0.345. The maximum Gasteiger partial charge on any atom is 0.240 e. The number of aliphatic hydroxyl groups excluding tert-OH is 2. The number of amides is 2. The number of likely N-dealkylation sites (N-methyl/N-ethyl adjacent to an activating group) is 1. The van der Waals surface area contributed by atoms with Gasteiger partial charge in [0.05, 0.1) is 24.7 Å². The van der Waals surface area contributed by atoms with Gasteiger partial charge in [-0.25, -0.2) is 4.39 Å². The number of methoxy groups -OCH3 is 1. The first kappa shape index (κ1) is 36.9. The summed E-state index contributed by atoms with van der Waals surface area (Å²) in [5, 5.41) is 29.2. The third-order valence-corrected chi connectivity index (χ3v) is 13.4. The molecule has 6 fully saturated rings. The molecule has 7 unspecified atom stereocenters. The number of alkyl halides is 1. The zero-order valence-corrected chi connectivity index (χ0v) is 29.9. The van der Waals surface area contributed by atoms with E-state index in [-0.39, 0.29) is 48.3 Å². The molecule has 2 bridgehead atoms.